The van der Waals surface area contributed by atoms with Crippen molar-refractivity contribution in [2.75, 3.05) is 6.54 Å². The van der Waals surface area contributed by atoms with E-state index in [0.717, 1.165) is 19.3 Å². The van der Waals surface area contributed by atoms with Crippen LogP contribution in [0.5, 0.6) is 0 Å². The second kappa shape index (κ2) is 5.66. The number of nitrogens with zero attached hydrogens (tertiary/aromatic N) is 1. The van der Waals surface area contributed by atoms with Gasteiger partial charge in [-0.05, 0) is 32.6 Å². The van der Waals surface area contributed by atoms with Gasteiger partial charge in [0, 0.05) is 0 Å². The first kappa shape index (κ1) is 13.5. The summed E-state index contributed by atoms with van der Waals surface area (Å²) in [5.41, 5.74) is -0.834. The topological polar surface area (TPSA) is 70.0 Å². The quantitative estimate of drug-likeness (QED) is 0.420. The smallest absolute Gasteiger partial charge is 0.377 e. The molecule has 1 heterocycles. The summed E-state index contributed by atoms with van der Waals surface area (Å²) < 4.78 is 0. The van der Waals surface area contributed by atoms with Crippen molar-refractivity contribution in [2.24, 2.45) is 0 Å². The van der Waals surface area contributed by atoms with E-state index in [4.69, 9.17) is 5.26 Å². The monoisotopic (exact) mass is 229 g/mol. The van der Waals surface area contributed by atoms with E-state index in [2.05, 4.69) is 4.89 Å². The largest absolute Gasteiger partial charge is 0.437 e. The van der Waals surface area contributed by atoms with Gasteiger partial charge in [-0.15, -0.1) is 0 Å². The lowest BCUT2D eigenvalue weighted by atomic mass is 9.77. The van der Waals surface area contributed by atoms with Crippen LogP contribution in [0.1, 0.15) is 39.0 Å². The molecule has 6 heteroatoms. The zero-order valence-electron chi connectivity index (χ0n) is 9.98. The van der Waals surface area contributed by atoms with Crippen LogP contribution in [0.15, 0.2) is 0 Å². The Morgan fingerprint density at radius 3 is 2.81 bits per heavy atom. The molecular weight excluding hydrogens is 209 g/mol. The fourth-order valence-electron chi connectivity index (χ4n) is 2.59. The first-order valence-electron chi connectivity index (χ1n) is 5.89. The van der Waals surface area contributed by atoms with Crippen molar-refractivity contribution in [3.05, 3.63) is 0 Å². The van der Waals surface area contributed by atoms with Gasteiger partial charge in [0.15, 0.2) is 0 Å². The first-order chi connectivity index (χ1) is 7.58. The second-order valence-electron chi connectivity index (χ2n) is 4.44. The molecule has 0 aromatic heterocycles. The molecule has 1 aliphatic heterocycles. The van der Waals surface area contributed by atoms with Gasteiger partial charge in [0.1, 0.15) is 5.54 Å². The summed E-state index contributed by atoms with van der Waals surface area (Å²) in [7, 11) is -0.696. The molecule has 0 bridgehead atoms. The van der Waals surface area contributed by atoms with Crippen molar-refractivity contribution in [1.29, 1.82) is 0 Å². The van der Waals surface area contributed by atoms with Crippen molar-refractivity contribution in [3.63, 3.8) is 0 Å². The van der Waals surface area contributed by atoms with E-state index < -0.39 is 18.6 Å². The SMILES string of the molecule is CCCCC1(C(=O)OO)CCCN1B(C)O. The Morgan fingerprint density at radius 2 is 2.31 bits per heavy atom. The van der Waals surface area contributed by atoms with Gasteiger partial charge in [-0.1, -0.05) is 19.8 Å². The number of unbranched alkanes of at least 4 members (excludes halogenated alkanes) is 1. The standard InChI is InChI=1S/C10H20BNO4/c1-3-4-6-10(9(13)16-15)7-5-8-12(10)11(2)14/h14-15H,3-8H2,1-2H3. The molecule has 92 valence electrons. The fourth-order valence-corrected chi connectivity index (χ4v) is 2.59. The highest BCUT2D eigenvalue weighted by molar-refractivity contribution is 6.46. The molecule has 1 rings (SSSR count). The molecular formula is C10H20BNO4. The van der Waals surface area contributed by atoms with E-state index in [-0.39, 0.29) is 0 Å². The van der Waals surface area contributed by atoms with Crippen molar-refractivity contribution in [2.45, 2.75) is 51.4 Å². The maximum absolute atomic E-state index is 11.7. The van der Waals surface area contributed by atoms with Crippen molar-refractivity contribution < 1.29 is 20.0 Å². The van der Waals surface area contributed by atoms with Gasteiger partial charge in [0.05, 0.1) is 0 Å². The summed E-state index contributed by atoms with van der Waals surface area (Å²) >= 11 is 0. The second-order valence-corrected chi connectivity index (χ2v) is 4.44. The van der Waals surface area contributed by atoms with E-state index in [1.807, 2.05) is 6.92 Å². The van der Waals surface area contributed by atoms with E-state index in [0.29, 0.717) is 19.4 Å². The highest BCUT2D eigenvalue weighted by Crippen LogP contribution is 2.35. The molecule has 1 atom stereocenters. The lowest BCUT2D eigenvalue weighted by Gasteiger charge is -2.36. The molecule has 5 nitrogen and oxygen atoms in total. The van der Waals surface area contributed by atoms with Crippen LogP contribution in [0, 0.1) is 0 Å². The Hall–Kier alpha value is -0.585. The summed E-state index contributed by atoms with van der Waals surface area (Å²) in [5, 5.41) is 18.3. The van der Waals surface area contributed by atoms with Crippen LogP contribution in [0.25, 0.3) is 0 Å². The van der Waals surface area contributed by atoms with Crippen molar-refractivity contribution in [3.8, 4) is 0 Å². The molecule has 0 aromatic rings. The van der Waals surface area contributed by atoms with E-state index in [9.17, 15) is 9.82 Å². The number of hydrogen-bond donors (Lipinski definition) is 2. The lowest BCUT2D eigenvalue weighted by molar-refractivity contribution is -0.244. The molecule has 0 amide bonds. The molecule has 16 heavy (non-hydrogen) atoms. The first-order valence-corrected chi connectivity index (χ1v) is 5.89. The molecule has 2 N–H and O–H groups in total. The Balaban J connectivity index is 2.88. The lowest BCUT2D eigenvalue weighted by Crippen LogP contribution is -2.56. The molecule has 1 aliphatic rings. The highest BCUT2D eigenvalue weighted by atomic mass is 17.1. The normalized spacial score (nSPS) is 25.8. The van der Waals surface area contributed by atoms with Crippen LogP contribution >= 0.6 is 0 Å². The Bertz CT molecular complexity index is 249. The van der Waals surface area contributed by atoms with Gasteiger partial charge in [-0.2, -0.15) is 5.26 Å². The predicted octanol–water partition coefficient (Wildman–Crippen LogP) is 1.14. The van der Waals surface area contributed by atoms with Gasteiger partial charge < -0.3 is 9.83 Å². The minimum absolute atomic E-state index is 0.619. The van der Waals surface area contributed by atoms with Crippen LogP contribution in [0.3, 0.4) is 0 Å². The average molecular weight is 229 g/mol. The Labute approximate surface area is 96.5 Å². The van der Waals surface area contributed by atoms with Crippen LogP contribution in [0.4, 0.5) is 0 Å². The minimum Gasteiger partial charge on any atom is -0.437 e. The molecule has 0 radical (unpaired) electrons. The third-order valence-electron chi connectivity index (χ3n) is 3.40. The maximum atomic E-state index is 11.7. The van der Waals surface area contributed by atoms with Gasteiger partial charge in [-0.3, -0.25) is 4.89 Å². The number of carbonyl (C=O) groups is 1. The third kappa shape index (κ3) is 2.39. The molecule has 1 unspecified atom stereocenters. The van der Waals surface area contributed by atoms with E-state index in [1.54, 1.807) is 11.6 Å². The summed E-state index contributed by atoms with van der Waals surface area (Å²) in [6.07, 6.45) is 3.93. The molecule has 0 aliphatic carbocycles. The average Bonchev–Trinajstić information content (AvgIpc) is 2.70. The predicted molar refractivity (Wildman–Crippen MR) is 60.8 cm³/mol. The van der Waals surface area contributed by atoms with E-state index in [1.165, 1.54) is 0 Å². The number of hydrogen-bond acceptors (Lipinski definition) is 5. The van der Waals surface area contributed by atoms with Crippen LogP contribution < -0.4 is 0 Å². The van der Waals surface area contributed by atoms with Gasteiger partial charge in [-0.25, -0.2) is 4.79 Å². The minimum atomic E-state index is -0.834. The summed E-state index contributed by atoms with van der Waals surface area (Å²) in [6.45, 7) is 4.34. The summed E-state index contributed by atoms with van der Waals surface area (Å²) in [4.78, 5) is 17.4. The van der Waals surface area contributed by atoms with Crippen LogP contribution in [-0.4, -0.2) is 40.2 Å². The molecule has 1 saturated heterocycles. The zero-order chi connectivity index (χ0) is 12.2. The molecule has 0 spiro atoms. The summed E-state index contributed by atoms with van der Waals surface area (Å²) in [6, 6.07) is 0. The van der Waals surface area contributed by atoms with Gasteiger partial charge in [0.25, 0.3) is 0 Å². The zero-order valence-corrected chi connectivity index (χ0v) is 9.98. The van der Waals surface area contributed by atoms with Crippen molar-refractivity contribution in [1.82, 2.24) is 4.81 Å². The molecule has 1 fully saturated rings. The van der Waals surface area contributed by atoms with Crippen LogP contribution in [-0.2, 0) is 9.68 Å². The number of carbonyl (C=O) groups excluding carboxylic acids is 1. The molecule has 0 saturated carbocycles. The van der Waals surface area contributed by atoms with Gasteiger partial charge in [0.2, 0.25) is 0 Å². The Morgan fingerprint density at radius 1 is 1.62 bits per heavy atom. The van der Waals surface area contributed by atoms with Gasteiger partial charge >= 0.3 is 13.0 Å². The fraction of sp³-hybridized carbons (Fsp3) is 0.900. The maximum Gasteiger partial charge on any atom is 0.377 e. The van der Waals surface area contributed by atoms with Crippen molar-refractivity contribution >= 4 is 13.0 Å². The highest BCUT2D eigenvalue weighted by Gasteiger charge is 2.50. The third-order valence-corrected chi connectivity index (χ3v) is 3.40. The van der Waals surface area contributed by atoms with E-state index >= 15 is 0 Å². The Kier molecular flexibility index (Phi) is 4.77. The van der Waals surface area contributed by atoms with Crippen LogP contribution in [0.2, 0.25) is 6.82 Å². The molecule has 0 aromatic carbocycles. The number of rotatable bonds is 5. The summed E-state index contributed by atoms with van der Waals surface area (Å²) in [5.74, 6) is -0.639.